The predicted molar refractivity (Wildman–Crippen MR) is 488 cm³/mol. The Morgan fingerprint density at radius 1 is 0.175 bits per heavy atom. The second-order valence-electron chi connectivity index (χ2n) is 31.7. The second-order valence-corrected chi connectivity index (χ2v) is 36.1. The number of aryl methyl sites for hydroxylation is 16. The summed E-state index contributed by atoms with van der Waals surface area (Å²) < 4.78 is 41.7. The van der Waals surface area contributed by atoms with Gasteiger partial charge in [-0.05, 0) is 264 Å². The summed E-state index contributed by atoms with van der Waals surface area (Å²) in [7, 11) is 7.45. The van der Waals surface area contributed by atoms with Gasteiger partial charge in [-0.25, -0.2) is 0 Å². The van der Waals surface area contributed by atoms with Crippen molar-refractivity contribution < 1.29 is 28.4 Å². The summed E-state index contributed by atoms with van der Waals surface area (Å²) in [6, 6.07) is 87.7. The Morgan fingerprint density at radius 3 is 0.456 bits per heavy atom. The molecule has 0 heterocycles. The molecule has 0 spiro atoms. The molecule has 0 fully saturated rings. The van der Waals surface area contributed by atoms with Gasteiger partial charge in [-0.15, -0.1) is 0 Å². The molecule has 8 heteroatoms. The number of ether oxygens (including phenoxy) is 6. The molecule has 0 N–H and O–H groups in total. The number of benzene rings is 14. The Kier molecular flexibility index (Phi) is 23.0. The SMILES string of the molecule is COc1cccc(P(c2cc(-c3cc(C)cc(C)c3)c(OC)c(-c3cc(C)cc(C)c3)c2)c2cc(-c3cc(C)cc(C)c3)c(OC)c(-c3cc(C)cc(C)c3)c2)c1-c1c(OC)cccc1P(c1cc(-c2cc(C)cc(C)c2)c(OC)c(-c2cc(C)cc(C)c2)c1)c1cc(-c2cc(C)cc(C)c2)c(OC)c(-c2cc(C)cc(C)c2)c1. The summed E-state index contributed by atoms with van der Waals surface area (Å²) in [4.78, 5) is 0. The summed E-state index contributed by atoms with van der Waals surface area (Å²) >= 11 is 0. The van der Waals surface area contributed by atoms with Crippen LogP contribution in [0.5, 0.6) is 34.5 Å². The highest BCUT2D eigenvalue weighted by atomic mass is 31.1. The Morgan fingerprint density at radius 2 is 0.325 bits per heavy atom. The van der Waals surface area contributed by atoms with E-state index in [-0.39, 0.29) is 0 Å². The van der Waals surface area contributed by atoms with Gasteiger partial charge in [-0.3, -0.25) is 0 Å². The van der Waals surface area contributed by atoms with Gasteiger partial charge in [0.2, 0.25) is 0 Å². The zero-order chi connectivity index (χ0) is 80.8. The average Bonchev–Trinajstić information content (AvgIpc) is 0.729. The molecule has 0 aliphatic heterocycles. The van der Waals surface area contributed by atoms with Crippen LogP contribution in [0.25, 0.3) is 100 Å². The molecule has 0 atom stereocenters. The molecule has 114 heavy (non-hydrogen) atoms. The first-order valence-electron chi connectivity index (χ1n) is 39.2. The largest absolute Gasteiger partial charge is 0.496 e. The molecule has 0 aliphatic rings. The van der Waals surface area contributed by atoms with Gasteiger partial charge in [0, 0.05) is 55.6 Å². The lowest BCUT2D eigenvalue weighted by molar-refractivity contribution is 0.411. The quantitative estimate of drug-likeness (QED) is 0.0668. The maximum atomic E-state index is 7.11. The number of rotatable bonds is 21. The van der Waals surface area contributed by atoms with Crippen molar-refractivity contribution in [2.24, 2.45) is 0 Å². The molecule has 0 radical (unpaired) electrons. The minimum absolute atomic E-state index is 0.694. The van der Waals surface area contributed by atoms with Gasteiger partial charge in [0.25, 0.3) is 0 Å². The molecule has 14 aromatic rings. The van der Waals surface area contributed by atoms with Gasteiger partial charge in [0.15, 0.2) is 0 Å². The molecular formula is C106H104O6P2. The van der Waals surface area contributed by atoms with E-state index in [1.807, 2.05) is 42.7 Å². The van der Waals surface area contributed by atoms with Crippen LogP contribution < -0.4 is 60.2 Å². The maximum absolute atomic E-state index is 7.11. The third-order valence-corrected chi connectivity index (χ3v) is 26.4. The number of hydrogen-bond acceptors (Lipinski definition) is 6. The van der Waals surface area contributed by atoms with Gasteiger partial charge in [0.05, 0.1) is 42.7 Å². The molecule has 14 rings (SSSR count). The molecule has 6 nitrogen and oxygen atoms in total. The van der Waals surface area contributed by atoms with E-state index in [9.17, 15) is 0 Å². The molecule has 0 aliphatic carbocycles. The Balaban J connectivity index is 1.20. The highest BCUT2D eigenvalue weighted by Gasteiger charge is 2.35. The fraction of sp³-hybridized carbons (Fsp3) is 0.208. The number of methoxy groups -OCH3 is 6. The summed E-state index contributed by atoms with van der Waals surface area (Å²) in [5, 5.41) is 6.51. The van der Waals surface area contributed by atoms with Crippen molar-refractivity contribution in [3.05, 3.63) is 320 Å². The zero-order valence-corrected chi connectivity index (χ0v) is 72.1. The first-order chi connectivity index (χ1) is 54.7. The molecule has 574 valence electrons. The molecule has 0 saturated heterocycles. The molecule has 0 bridgehead atoms. The van der Waals surface area contributed by atoms with Gasteiger partial charge < -0.3 is 28.4 Å². The standard InChI is InChI=1S/C106H104O6P2/c1-61-29-62(2)38-77(37-61)89-53-85(54-90(103(89)109-19)78-39-63(3)30-64(4)40-78)113(86-55-91(79-41-65(5)31-66(6)42-79)104(110-20)92(56-86)80-43-67(7)32-68(8)44-80)99-27-23-25-97(107-17)101(99)102-98(108-18)26-24-28-100(102)114(87-57-93(81-45-69(9)33-70(10)46-81)105(111-21)94(58-87)82-47-71(11)34-72(12)48-82)88-59-95(83-49-73(13)35-74(14)50-83)106(112-22)96(60-88)84-51-75(15)36-76(16)52-84/h23-60H,1-22H3. The fourth-order valence-corrected chi connectivity index (χ4v) is 22.9. The summed E-state index contributed by atoms with van der Waals surface area (Å²) in [6.45, 7) is 35.0. The van der Waals surface area contributed by atoms with Crippen molar-refractivity contribution in [1.29, 1.82) is 0 Å². The molecular weight excluding hydrogens is 1430 g/mol. The maximum Gasteiger partial charge on any atom is 0.134 e. The summed E-state index contributed by atoms with van der Waals surface area (Å²) in [5.74, 6) is 4.59. The van der Waals surface area contributed by atoms with Gasteiger partial charge in [-0.2, -0.15) is 0 Å². The Labute approximate surface area is 679 Å². The van der Waals surface area contributed by atoms with E-state index in [2.05, 4.69) is 341 Å². The summed E-state index contributed by atoms with van der Waals surface area (Å²) in [6.07, 6.45) is 0. The molecule has 14 aromatic carbocycles. The highest BCUT2D eigenvalue weighted by molar-refractivity contribution is 7.81. The van der Waals surface area contributed by atoms with Crippen LogP contribution in [0.15, 0.2) is 231 Å². The smallest absolute Gasteiger partial charge is 0.134 e. The van der Waals surface area contributed by atoms with Crippen molar-refractivity contribution in [3.63, 3.8) is 0 Å². The van der Waals surface area contributed by atoms with Crippen molar-refractivity contribution in [3.8, 4) is 135 Å². The van der Waals surface area contributed by atoms with Crippen LogP contribution in [0.3, 0.4) is 0 Å². The molecule has 0 saturated carbocycles. The van der Waals surface area contributed by atoms with Crippen LogP contribution >= 0.6 is 15.8 Å². The van der Waals surface area contributed by atoms with Crippen LogP contribution in [0.2, 0.25) is 0 Å². The van der Waals surface area contributed by atoms with E-state index < -0.39 is 15.8 Å². The van der Waals surface area contributed by atoms with Gasteiger partial charge >= 0.3 is 0 Å². The lowest BCUT2D eigenvalue weighted by atomic mass is 9.93. The van der Waals surface area contributed by atoms with Gasteiger partial charge in [-0.1, -0.05) is 259 Å². The summed E-state index contributed by atoms with van der Waals surface area (Å²) in [5.41, 5.74) is 36.8. The lowest BCUT2D eigenvalue weighted by Crippen LogP contribution is -2.27. The van der Waals surface area contributed by atoms with Crippen molar-refractivity contribution >= 4 is 47.7 Å². The predicted octanol–water partition coefficient (Wildman–Crippen LogP) is 25.2. The molecule has 0 unspecified atom stereocenters. The first-order valence-corrected chi connectivity index (χ1v) is 41.9. The van der Waals surface area contributed by atoms with Crippen LogP contribution in [0.4, 0.5) is 0 Å². The minimum Gasteiger partial charge on any atom is -0.496 e. The highest BCUT2D eigenvalue weighted by Crippen LogP contribution is 2.54. The third-order valence-electron chi connectivity index (χ3n) is 21.6. The van der Waals surface area contributed by atoms with E-state index in [0.29, 0.717) is 11.5 Å². The molecule has 0 amide bonds. The monoisotopic (exact) mass is 1530 g/mol. The van der Waals surface area contributed by atoms with Crippen molar-refractivity contribution in [1.82, 2.24) is 0 Å². The topological polar surface area (TPSA) is 55.4 Å². The van der Waals surface area contributed by atoms with Crippen molar-refractivity contribution in [2.75, 3.05) is 42.7 Å². The van der Waals surface area contributed by atoms with E-state index in [4.69, 9.17) is 28.4 Å². The second kappa shape index (κ2) is 33.1. The van der Waals surface area contributed by atoms with Crippen LogP contribution in [-0.4, -0.2) is 42.7 Å². The number of hydrogen-bond donors (Lipinski definition) is 0. The van der Waals surface area contributed by atoms with Gasteiger partial charge in [0.1, 0.15) is 34.5 Å². The van der Waals surface area contributed by atoms with Crippen LogP contribution in [0.1, 0.15) is 89.0 Å². The van der Waals surface area contributed by atoms with E-state index in [1.165, 1.54) is 0 Å². The lowest BCUT2D eigenvalue weighted by Gasteiger charge is -2.31. The Bertz CT molecular complexity index is 4970. The zero-order valence-electron chi connectivity index (χ0n) is 70.3. The van der Waals surface area contributed by atoms with E-state index in [0.717, 1.165) is 244 Å². The van der Waals surface area contributed by atoms with Crippen LogP contribution in [-0.2, 0) is 0 Å². The van der Waals surface area contributed by atoms with Crippen molar-refractivity contribution in [2.45, 2.75) is 111 Å². The average molecular weight is 1540 g/mol. The minimum atomic E-state index is -1.75. The first kappa shape index (κ1) is 79.4. The fourth-order valence-electron chi connectivity index (χ4n) is 17.7. The van der Waals surface area contributed by atoms with E-state index in [1.54, 1.807) is 0 Å². The normalized spacial score (nSPS) is 11.4. The van der Waals surface area contributed by atoms with Crippen LogP contribution in [0, 0.1) is 111 Å². The van der Waals surface area contributed by atoms with E-state index >= 15 is 0 Å². The third kappa shape index (κ3) is 16.2. The Hall–Kier alpha value is -11.3. The molecule has 0 aromatic heterocycles.